The zero-order valence-corrected chi connectivity index (χ0v) is 15.2. The van der Waals surface area contributed by atoms with Gasteiger partial charge in [-0.05, 0) is 37.8 Å². The van der Waals surface area contributed by atoms with Gasteiger partial charge in [0.1, 0.15) is 0 Å². The van der Waals surface area contributed by atoms with Crippen LogP contribution in [0.4, 0.5) is 0 Å². The number of nitriles is 1. The highest BCUT2D eigenvalue weighted by atomic mass is 15.1. The highest BCUT2D eigenvalue weighted by molar-refractivity contribution is 5.35. The third-order valence-electron chi connectivity index (χ3n) is 4.47. The standard InChI is InChI=1S/C22H27N3/c1-4-13-25(5-2)21(15-18-9-8-10-19(14-18)17-23)16-20-11-6-7-12-22(20)24-3/h6-12,14,16,20,22H,3-5,13,15H2,1-2H3/b21-16+. The summed E-state index contributed by atoms with van der Waals surface area (Å²) in [6, 6.07) is 10.2. The number of likely N-dealkylation sites (N-methyl/N-ethyl adjacent to an activating group) is 1. The molecule has 0 spiro atoms. The van der Waals surface area contributed by atoms with Crippen LogP contribution in [0.5, 0.6) is 0 Å². The average molecular weight is 333 g/mol. The van der Waals surface area contributed by atoms with Crippen LogP contribution in [0, 0.1) is 17.2 Å². The van der Waals surface area contributed by atoms with Crippen molar-refractivity contribution in [2.75, 3.05) is 13.1 Å². The first-order chi connectivity index (χ1) is 12.2. The van der Waals surface area contributed by atoms with Gasteiger partial charge in [-0.3, -0.25) is 4.99 Å². The van der Waals surface area contributed by atoms with Gasteiger partial charge in [0.2, 0.25) is 0 Å². The van der Waals surface area contributed by atoms with Crippen molar-refractivity contribution >= 4 is 6.72 Å². The Morgan fingerprint density at radius 1 is 1.32 bits per heavy atom. The van der Waals surface area contributed by atoms with Crippen molar-refractivity contribution in [3.8, 4) is 6.07 Å². The molecule has 25 heavy (non-hydrogen) atoms. The van der Waals surface area contributed by atoms with Crippen LogP contribution in [0.3, 0.4) is 0 Å². The summed E-state index contributed by atoms with van der Waals surface area (Å²) in [5.74, 6) is 0.225. The largest absolute Gasteiger partial charge is 0.375 e. The molecule has 130 valence electrons. The lowest BCUT2D eigenvalue weighted by Gasteiger charge is -2.28. The van der Waals surface area contributed by atoms with Gasteiger partial charge in [-0.15, -0.1) is 0 Å². The number of hydrogen-bond donors (Lipinski definition) is 0. The number of allylic oxidation sites excluding steroid dienone is 3. The normalized spacial score (nSPS) is 19.5. The SMILES string of the molecule is C=NC1C=CC=CC1/C=C(\Cc1cccc(C#N)c1)N(CC)CCC. The third kappa shape index (κ3) is 5.19. The Morgan fingerprint density at radius 2 is 2.12 bits per heavy atom. The molecule has 1 aromatic rings. The molecule has 0 amide bonds. The van der Waals surface area contributed by atoms with E-state index in [-0.39, 0.29) is 12.0 Å². The molecule has 2 atom stereocenters. The molecule has 0 aliphatic heterocycles. The molecule has 1 aliphatic rings. The first kappa shape index (κ1) is 18.7. The van der Waals surface area contributed by atoms with Crippen LogP contribution in [0.25, 0.3) is 0 Å². The van der Waals surface area contributed by atoms with E-state index >= 15 is 0 Å². The lowest BCUT2D eigenvalue weighted by Crippen LogP contribution is -2.27. The highest BCUT2D eigenvalue weighted by Gasteiger charge is 2.17. The van der Waals surface area contributed by atoms with Crippen molar-refractivity contribution in [2.45, 2.75) is 32.7 Å². The summed E-state index contributed by atoms with van der Waals surface area (Å²) in [6.07, 6.45) is 12.6. The fraction of sp³-hybridized carbons (Fsp3) is 0.364. The fourth-order valence-electron chi connectivity index (χ4n) is 3.18. The molecule has 0 saturated carbocycles. The second-order valence-electron chi connectivity index (χ2n) is 6.25. The Bertz CT molecular complexity index is 706. The molecule has 2 rings (SSSR count). The second-order valence-corrected chi connectivity index (χ2v) is 6.25. The lowest BCUT2D eigenvalue weighted by atomic mass is 9.93. The van der Waals surface area contributed by atoms with Crippen LogP contribution in [0.1, 0.15) is 31.4 Å². The van der Waals surface area contributed by atoms with Crippen LogP contribution in [-0.4, -0.2) is 30.7 Å². The van der Waals surface area contributed by atoms with Gasteiger partial charge in [0, 0.05) is 31.1 Å². The minimum atomic E-state index is 0.0887. The van der Waals surface area contributed by atoms with Gasteiger partial charge in [0.05, 0.1) is 17.7 Å². The maximum Gasteiger partial charge on any atom is 0.0991 e. The van der Waals surface area contributed by atoms with Crippen molar-refractivity contribution in [3.63, 3.8) is 0 Å². The van der Waals surface area contributed by atoms with E-state index in [0.29, 0.717) is 5.56 Å². The molecule has 0 heterocycles. The van der Waals surface area contributed by atoms with E-state index in [1.807, 2.05) is 24.3 Å². The molecule has 0 saturated heterocycles. The van der Waals surface area contributed by atoms with Crippen LogP contribution in [-0.2, 0) is 6.42 Å². The van der Waals surface area contributed by atoms with Gasteiger partial charge in [-0.1, -0.05) is 49.4 Å². The second kappa shape index (κ2) is 9.64. The van der Waals surface area contributed by atoms with Crippen LogP contribution in [0.2, 0.25) is 0 Å². The van der Waals surface area contributed by atoms with E-state index in [1.165, 1.54) is 11.3 Å². The molecule has 0 aromatic heterocycles. The maximum atomic E-state index is 9.15. The van der Waals surface area contributed by atoms with Gasteiger partial charge in [-0.25, -0.2) is 0 Å². The first-order valence-corrected chi connectivity index (χ1v) is 8.97. The molecular weight excluding hydrogens is 306 g/mol. The number of benzene rings is 1. The lowest BCUT2D eigenvalue weighted by molar-refractivity contribution is 0.351. The molecular formula is C22H27N3. The Hall–Kier alpha value is -2.60. The van der Waals surface area contributed by atoms with E-state index in [9.17, 15) is 0 Å². The molecule has 0 fully saturated rings. The van der Waals surface area contributed by atoms with Crippen molar-refractivity contribution in [1.29, 1.82) is 5.26 Å². The first-order valence-electron chi connectivity index (χ1n) is 8.97. The fourth-order valence-corrected chi connectivity index (χ4v) is 3.18. The van der Waals surface area contributed by atoms with Gasteiger partial charge in [0.15, 0.2) is 0 Å². The molecule has 0 N–H and O–H groups in total. The Balaban J connectivity index is 2.33. The Morgan fingerprint density at radius 3 is 2.80 bits per heavy atom. The Labute approximate surface area is 151 Å². The minimum absolute atomic E-state index is 0.0887. The van der Waals surface area contributed by atoms with Gasteiger partial charge in [0.25, 0.3) is 0 Å². The smallest absolute Gasteiger partial charge is 0.0991 e. The molecule has 0 radical (unpaired) electrons. The summed E-state index contributed by atoms with van der Waals surface area (Å²) >= 11 is 0. The monoisotopic (exact) mass is 333 g/mol. The predicted octanol–water partition coefficient (Wildman–Crippen LogP) is 4.53. The topological polar surface area (TPSA) is 39.4 Å². The summed E-state index contributed by atoms with van der Waals surface area (Å²) in [6.45, 7) is 10.1. The Kier molecular flexibility index (Phi) is 7.22. The number of hydrogen-bond acceptors (Lipinski definition) is 3. The van der Waals surface area contributed by atoms with Crippen LogP contribution >= 0.6 is 0 Å². The minimum Gasteiger partial charge on any atom is -0.375 e. The molecule has 1 aliphatic carbocycles. The summed E-state index contributed by atoms with van der Waals surface area (Å²) in [4.78, 5) is 6.68. The van der Waals surface area contributed by atoms with E-state index in [0.717, 1.165) is 25.9 Å². The van der Waals surface area contributed by atoms with Crippen LogP contribution in [0.15, 0.2) is 65.3 Å². The molecule has 3 nitrogen and oxygen atoms in total. The molecule has 1 aromatic carbocycles. The van der Waals surface area contributed by atoms with Crippen molar-refractivity contribution in [2.24, 2.45) is 10.9 Å². The van der Waals surface area contributed by atoms with Crippen molar-refractivity contribution in [3.05, 3.63) is 71.5 Å². The van der Waals surface area contributed by atoms with E-state index in [1.54, 1.807) is 0 Å². The van der Waals surface area contributed by atoms with Gasteiger partial charge in [-0.2, -0.15) is 5.26 Å². The zero-order valence-electron chi connectivity index (χ0n) is 15.2. The summed E-state index contributed by atoms with van der Waals surface area (Å²) in [5.41, 5.74) is 3.16. The number of aliphatic imine (C=N–C) groups is 1. The van der Waals surface area contributed by atoms with Gasteiger partial charge >= 0.3 is 0 Å². The summed E-state index contributed by atoms with van der Waals surface area (Å²) in [5, 5.41) is 9.15. The molecule has 0 bridgehead atoms. The zero-order chi connectivity index (χ0) is 18.1. The predicted molar refractivity (Wildman–Crippen MR) is 106 cm³/mol. The van der Waals surface area contributed by atoms with Crippen molar-refractivity contribution < 1.29 is 0 Å². The molecule has 2 unspecified atom stereocenters. The van der Waals surface area contributed by atoms with E-state index in [4.69, 9.17) is 5.26 Å². The van der Waals surface area contributed by atoms with Gasteiger partial charge < -0.3 is 4.90 Å². The maximum absolute atomic E-state index is 9.15. The average Bonchev–Trinajstić information content (AvgIpc) is 2.66. The number of rotatable bonds is 8. The molecule has 3 heteroatoms. The quantitative estimate of drug-likeness (QED) is 0.656. The van der Waals surface area contributed by atoms with Crippen molar-refractivity contribution in [1.82, 2.24) is 4.90 Å². The van der Waals surface area contributed by atoms with E-state index < -0.39 is 0 Å². The highest BCUT2D eigenvalue weighted by Crippen LogP contribution is 2.23. The summed E-state index contributed by atoms with van der Waals surface area (Å²) < 4.78 is 0. The van der Waals surface area contributed by atoms with E-state index in [2.05, 4.69) is 66.9 Å². The number of nitrogens with zero attached hydrogens (tertiary/aromatic N) is 3. The summed E-state index contributed by atoms with van der Waals surface area (Å²) in [7, 11) is 0. The van der Waals surface area contributed by atoms with Crippen LogP contribution < -0.4 is 0 Å². The third-order valence-corrected chi connectivity index (χ3v) is 4.47.